The maximum atomic E-state index is 12.8. The second kappa shape index (κ2) is 9.44. The minimum absolute atomic E-state index is 0.0439. The molecule has 1 fully saturated rings. The lowest BCUT2D eigenvalue weighted by molar-refractivity contribution is -0.274. The maximum absolute atomic E-state index is 12.8. The Morgan fingerprint density at radius 3 is 2.22 bits per heavy atom. The molecule has 32 heavy (non-hydrogen) atoms. The van der Waals surface area contributed by atoms with Gasteiger partial charge in [-0.2, -0.15) is 5.10 Å². The van der Waals surface area contributed by atoms with Gasteiger partial charge in [0.2, 0.25) is 0 Å². The van der Waals surface area contributed by atoms with E-state index in [0.717, 1.165) is 11.1 Å². The summed E-state index contributed by atoms with van der Waals surface area (Å²) in [5.74, 6) is -0.276. The molecule has 0 atom stereocenters. The number of carbonyl (C=O) groups excluding carboxylic acids is 1. The molecule has 0 unspecified atom stereocenters. The molecule has 0 N–H and O–H groups in total. The standard InChI is InChI=1S/C23H23F3N4O2/c24-23(25,26)32-21-8-6-19(7-9-21)15-28-10-12-29(13-11-28)22(31)20-14-27-30(17-20)16-18-4-2-1-3-5-18/h1-9,14,17H,10-13,15-16H2. The predicted octanol–water partition coefficient (Wildman–Crippen LogP) is 3.79. The van der Waals surface area contributed by atoms with Gasteiger partial charge in [0.15, 0.2) is 0 Å². The first-order valence-electron chi connectivity index (χ1n) is 10.3. The number of hydrogen-bond acceptors (Lipinski definition) is 4. The van der Waals surface area contributed by atoms with Crippen LogP contribution < -0.4 is 4.74 Å². The molecule has 9 heteroatoms. The van der Waals surface area contributed by atoms with E-state index in [2.05, 4.69) is 14.7 Å². The Balaban J connectivity index is 1.27. The van der Waals surface area contributed by atoms with E-state index in [1.807, 2.05) is 30.3 Å². The highest BCUT2D eigenvalue weighted by Gasteiger charge is 2.31. The fraction of sp³-hybridized carbons (Fsp3) is 0.304. The normalized spacial score (nSPS) is 15.0. The van der Waals surface area contributed by atoms with E-state index in [1.165, 1.54) is 12.1 Å². The van der Waals surface area contributed by atoms with Gasteiger partial charge in [0.1, 0.15) is 5.75 Å². The number of halogens is 3. The molecule has 1 saturated heterocycles. The van der Waals surface area contributed by atoms with Crippen LogP contribution in [0, 0.1) is 0 Å². The number of aromatic nitrogens is 2. The molecule has 2 heterocycles. The molecule has 1 amide bonds. The minimum Gasteiger partial charge on any atom is -0.406 e. The third-order valence-corrected chi connectivity index (χ3v) is 5.29. The first-order chi connectivity index (χ1) is 15.4. The van der Waals surface area contributed by atoms with Gasteiger partial charge in [0.25, 0.3) is 5.91 Å². The minimum atomic E-state index is -4.69. The van der Waals surface area contributed by atoms with Gasteiger partial charge in [-0.25, -0.2) is 0 Å². The molecule has 0 saturated carbocycles. The Morgan fingerprint density at radius 1 is 0.906 bits per heavy atom. The summed E-state index contributed by atoms with van der Waals surface area (Å²) in [6.07, 6.45) is -1.32. The van der Waals surface area contributed by atoms with E-state index in [1.54, 1.807) is 34.1 Å². The lowest BCUT2D eigenvalue weighted by Crippen LogP contribution is -2.48. The van der Waals surface area contributed by atoms with Crippen molar-refractivity contribution < 1.29 is 22.7 Å². The summed E-state index contributed by atoms with van der Waals surface area (Å²) in [5, 5.41) is 4.31. The van der Waals surface area contributed by atoms with Gasteiger partial charge >= 0.3 is 6.36 Å². The SMILES string of the molecule is O=C(c1cnn(Cc2ccccc2)c1)N1CCN(Cc2ccc(OC(F)(F)F)cc2)CC1. The Labute approximate surface area is 183 Å². The first kappa shape index (κ1) is 21.9. The number of nitrogens with zero attached hydrogens (tertiary/aromatic N) is 4. The molecule has 4 rings (SSSR count). The highest BCUT2D eigenvalue weighted by atomic mass is 19.4. The summed E-state index contributed by atoms with van der Waals surface area (Å²) in [5.41, 5.74) is 2.57. The lowest BCUT2D eigenvalue weighted by Gasteiger charge is -2.34. The summed E-state index contributed by atoms with van der Waals surface area (Å²) < 4.78 is 42.5. The number of piperazine rings is 1. The molecule has 0 spiro atoms. The zero-order valence-electron chi connectivity index (χ0n) is 17.3. The van der Waals surface area contributed by atoms with Crippen LogP contribution in [0.15, 0.2) is 67.0 Å². The van der Waals surface area contributed by atoms with Gasteiger partial charge in [-0.05, 0) is 23.3 Å². The van der Waals surface area contributed by atoms with Crippen LogP contribution in [0.4, 0.5) is 13.2 Å². The average molecular weight is 444 g/mol. The van der Waals surface area contributed by atoms with E-state index in [0.29, 0.717) is 44.8 Å². The smallest absolute Gasteiger partial charge is 0.406 e. The molecule has 6 nitrogen and oxygen atoms in total. The predicted molar refractivity (Wildman–Crippen MR) is 112 cm³/mol. The molecule has 1 aromatic heterocycles. The highest BCUT2D eigenvalue weighted by Crippen LogP contribution is 2.23. The van der Waals surface area contributed by atoms with Crippen LogP contribution in [0.2, 0.25) is 0 Å². The van der Waals surface area contributed by atoms with Crippen molar-refractivity contribution >= 4 is 5.91 Å². The highest BCUT2D eigenvalue weighted by molar-refractivity contribution is 5.93. The van der Waals surface area contributed by atoms with Gasteiger partial charge in [-0.1, -0.05) is 42.5 Å². The second-order valence-corrected chi connectivity index (χ2v) is 7.67. The summed E-state index contributed by atoms with van der Waals surface area (Å²) >= 11 is 0. The van der Waals surface area contributed by atoms with Crippen molar-refractivity contribution in [1.29, 1.82) is 0 Å². The summed E-state index contributed by atoms with van der Waals surface area (Å²) in [6, 6.07) is 15.8. The fourth-order valence-electron chi connectivity index (χ4n) is 3.68. The Bertz CT molecular complexity index is 1030. The molecule has 0 radical (unpaired) electrons. The third-order valence-electron chi connectivity index (χ3n) is 5.29. The van der Waals surface area contributed by atoms with Crippen LogP contribution >= 0.6 is 0 Å². The van der Waals surface area contributed by atoms with Crippen molar-refractivity contribution in [2.75, 3.05) is 26.2 Å². The van der Waals surface area contributed by atoms with E-state index >= 15 is 0 Å². The van der Waals surface area contributed by atoms with Crippen molar-refractivity contribution in [1.82, 2.24) is 19.6 Å². The molecule has 3 aromatic rings. The monoisotopic (exact) mass is 444 g/mol. The Kier molecular flexibility index (Phi) is 6.45. The van der Waals surface area contributed by atoms with Crippen LogP contribution in [0.5, 0.6) is 5.75 Å². The van der Waals surface area contributed by atoms with Crippen LogP contribution in [-0.2, 0) is 13.1 Å². The second-order valence-electron chi connectivity index (χ2n) is 7.67. The summed E-state index contributed by atoms with van der Waals surface area (Å²) in [7, 11) is 0. The van der Waals surface area contributed by atoms with Crippen molar-refractivity contribution in [3.05, 3.63) is 83.7 Å². The number of rotatable bonds is 6. The maximum Gasteiger partial charge on any atom is 0.573 e. The van der Waals surface area contributed by atoms with Crippen molar-refractivity contribution in [3.8, 4) is 5.75 Å². The molecular formula is C23H23F3N4O2. The molecule has 1 aliphatic heterocycles. The van der Waals surface area contributed by atoms with Crippen LogP contribution in [0.3, 0.4) is 0 Å². The zero-order chi connectivity index (χ0) is 22.6. The van der Waals surface area contributed by atoms with E-state index in [4.69, 9.17) is 0 Å². The fourth-order valence-corrected chi connectivity index (χ4v) is 3.68. The van der Waals surface area contributed by atoms with Gasteiger partial charge in [-0.15, -0.1) is 13.2 Å². The largest absolute Gasteiger partial charge is 0.573 e. The number of amides is 1. The summed E-state index contributed by atoms with van der Waals surface area (Å²) in [6.45, 7) is 3.74. The Hall–Kier alpha value is -3.33. The molecule has 2 aromatic carbocycles. The first-order valence-corrected chi connectivity index (χ1v) is 10.3. The number of alkyl halides is 3. The van der Waals surface area contributed by atoms with Crippen molar-refractivity contribution in [2.24, 2.45) is 0 Å². The van der Waals surface area contributed by atoms with E-state index in [9.17, 15) is 18.0 Å². The molecule has 168 valence electrons. The molecule has 0 bridgehead atoms. The van der Waals surface area contributed by atoms with Crippen molar-refractivity contribution in [3.63, 3.8) is 0 Å². The molecule has 0 aliphatic carbocycles. The summed E-state index contributed by atoms with van der Waals surface area (Å²) in [4.78, 5) is 16.8. The third kappa shape index (κ3) is 5.88. The number of ether oxygens (including phenoxy) is 1. The van der Waals surface area contributed by atoms with Gasteiger partial charge in [-0.3, -0.25) is 14.4 Å². The average Bonchev–Trinajstić information content (AvgIpc) is 3.23. The lowest BCUT2D eigenvalue weighted by atomic mass is 10.2. The topological polar surface area (TPSA) is 50.6 Å². The van der Waals surface area contributed by atoms with Gasteiger partial charge in [0.05, 0.1) is 18.3 Å². The van der Waals surface area contributed by atoms with Gasteiger partial charge < -0.3 is 9.64 Å². The number of hydrogen-bond donors (Lipinski definition) is 0. The number of carbonyl (C=O) groups is 1. The van der Waals surface area contributed by atoms with Crippen LogP contribution in [0.1, 0.15) is 21.5 Å². The van der Waals surface area contributed by atoms with Crippen LogP contribution in [-0.4, -0.2) is 58.0 Å². The van der Waals surface area contributed by atoms with Gasteiger partial charge in [0, 0.05) is 38.9 Å². The quantitative estimate of drug-likeness (QED) is 0.581. The van der Waals surface area contributed by atoms with E-state index < -0.39 is 6.36 Å². The number of benzene rings is 2. The molecule has 1 aliphatic rings. The van der Waals surface area contributed by atoms with E-state index in [-0.39, 0.29) is 11.7 Å². The van der Waals surface area contributed by atoms with Crippen molar-refractivity contribution in [2.45, 2.75) is 19.5 Å². The molecular weight excluding hydrogens is 421 g/mol. The zero-order valence-corrected chi connectivity index (χ0v) is 17.3. The Morgan fingerprint density at radius 2 is 1.56 bits per heavy atom. The van der Waals surface area contributed by atoms with Crippen LogP contribution in [0.25, 0.3) is 0 Å².